The Labute approximate surface area is 379 Å². The highest BCUT2D eigenvalue weighted by molar-refractivity contribution is 5.20. The Kier molecular flexibility index (Phi) is 14.7. The number of ether oxygens (including phenoxy) is 6. The van der Waals surface area contributed by atoms with Crippen molar-refractivity contribution in [2.75, 3.05) is 6.61 Å². The minimum absolute atomic E-state index is 0.0733. The summed E-state index contributed by atoms with van der Waals surface area (Å²) < 4.78 is 38.1. The number of allylic oxidation sites excluding steroid dienone is 2. The molecule has 370 valence electrons. The van der Waals surface area contributed by atoms with Crippen molar-refractivity contribution >= 4 is 0 Å². The van der Waals surface area contributed by atoms with Crippen LogP contribution in [0, 0.1) is 45.3 Å². The third-order valence-electron chi connectivity index (χ3n) is 18.7. The Hall–Kier alpha value is -0.900. The summed E-state index contributed by atoms with van der Waals surface area (Å²) in [6, 6.07) is 0. The van der Waals surface area contributed by atoms with Gasteiger partial charge in [0, 0.05) is 0 Å². The van der Waals surface area contributed by atoms with Gasteiger partial charge in [0.15, 0.2) is 18.9 Å². The SMILES string of the molecule is CC(C)=CCC[C@](C)(O[C@@H]1O[C@H](CO)[C@@H](O)[C@H](O[C@@H]2O[C@@H](C)[C@H](O)[C@@H](O)[C@H]2O)[C@H]1O[C@@H]1O[C@@H](C)[C@H](O)[C@@H](O)[C@H]1O)[C@H]1CC[C@]2(C)[C@@H]1[C@H](O)C[C@@H]1[C@@]3(C)CC[C@H](O)C(C)(C)[C@@H]3CC[C@]12C. The van der Waals surface area contributed by atoms with Crippen LogP contribution < -0.4 is 0 Å². The van der Waals surface area contributed by atoms with Crippen molar-refractivity contribution in [3.8, 4) is 0 Å². The molecule has 0 aromatic carbocycles. The maximum atomic E-state index is 12.7. The average molecular weight is 915 g/mol. The zero-order valence-corrected chi connectivity index (χ0v) is 39.7. The summed E-state index contributed by atoms with van der Waals surface area (Å²) in [5.41, 5.74) is -0.730. The topological polar surface area (TPSA) is 258 Å². The lowest BCUT2D eigenvalue weighted by molar-refractivity contribution is -0.400. The molecule has 3 saturated heterocycles. The van der Waals surface area contributed by atoms with Crippen LogP contribution in [0.25, 0.3) is 0 Å². The Morgan fingerprint density at radius 3 is 1.78 bits per heavy atom. The predicted molar refractivity (Wildman–Crippen MR) is 231 cm³/mol. The van der Waals surface area contributed by atoms with E-state index >= 15 is 0 Å². The van der Waals surface area contributed by atoms with Crippen LogP contribution in [0.4, 0.5) is 0 Å². The van der Waals surface area contributed by atoms with Crippen LogP contribution in [0.5, 0.6) is 0 Å². The van der Waals surface area contributed by atoms with Gasteiger partial charge in [-0.2, -0.15) is 0 Å². The van der Waals surface area contributed by atoms with Crippen molar-refractivity contribution < 1.29 is 79.5 Å². The third kappa shape index (κ3) is 8.40. The molecule has 25 atom stereocenters. The van der Waals surface area contributed by atoms with E-state index in [0.717, 1.165) is 37.7 Å². The van der Waals surface area contributed by atoms with Crippen molar-refractivity contribution in [1.29, 1.82) is 0 Å². The van der Waals surface area contributed by atoms with E-state index in [-0.39, 0.29) is 45.5 Å². The van der Waals surface area contributed by atoms with E-state index in [2.05, 4.69) is 40.7 Å². The summed E-state index contributed by atoms with van der Waals surface area (Å²) in [7, 11) is 0. The molecule has 0 bridgehead atoms. The van der Waals surface area contributed by atoms with Crippen LogP contribution in [0.15, 0.2) is 11.6 Å². The number of hydrogen-bond donors (Lipinski definition) is 10. The molecule has 3 heterocycles. The van der Waals surface area contributed by atoms with Crippen LogP contribution in [-0.4, -0.2) is 168 Å². The number of fused-ring (bicyclic) bond motifs is 5. The fraction of sp³-hybridized carbons (Fsp3) is 0.958. The standard InChI is InChI=1S/C48H82O16/c1-22(2)12-11-16-48(10,25-13-18-47(9)31(25)26(50)20-29-45(7)17-15-30(51)44(5,6)28(45)14-19-46(29,47)8)64-43-40(63-42-38(58)36(56)33(53)24(4)60-42)39(34(54)27(21-49)61-43)62-41-37(57)35(55)32(52)23(3)59-41/h12,23-43,49-58H,11,13-21H2,1-10H3/t23-,24-,25-,26+,27+,28-,29+,30-,31-,32-,33-,34+,35+,36+,37+,38+,39-,40+,41-,42-,43-,45-,46+,47+,48-/m0/s1. The van der Waals surface area contributed by atoms with Crippen molar-refractivity contribution in [2.45, 2.75) is 237 Å². The molecule has 0 aromatic heterocycles. The van der Waals surface area contributed by atoms with Gasteiger partial charge in [-0.15, -0.1) is 0 Å². The molecular weight excluding hydrogens is 833 g/mol. The highest BCUT2D eigenvalue weighted by atomic mass is 16.8. The summed E-state index contributed by atoms with van der Waals surface area (Å²) in [6.45, 7) is 19.9. The lowest BCUT2D eigenvalue weighted by Gasteiger charge is -2.70. The molecule has 0 spiro atoms. The second kappa shape index (κ2) is 18.4. The summed E-state index contributed by atoms with van der Waals surface area (Å²) in [4.78, 5) is 0. The number of rotatable bonds is 11. The lowest BCUT2D eigenvalue weighted by atomic mass is 9.35. The summed E-state index contributed by atoms with van der Waals surface area (Å²) in [5.74, 6) is 0.0947. The van der Waals surface area contributed by atoms with Gasteiger partial charge in [0.25, 0.3) is 0 Å². The van der Waals surface area contributed by atoms with E-state index in [9.17, 15) is 51.1 Å². The third-order valence-corrected chi connectivity index (χ3v) is 18.7. The average Bonchev–Trinajstić information content (AvgIpc) is 3.62. The first-order valence-corrected chi connectivity index (χ1v) is 24.1. The molecule has 4 saturated carbocycles. The van der Waals surface area contributed by atoms with Gasteiger partial charge in [-0.05, 0) is 138 Å². The molecule has 3 aliphatic heterocycles. The van der Waals surface area contributed by atoms with E-state index in [4.69, 9.17) is 28.4 Å². The second-order valence-electron chi connectivity index (χ2n) is 22.9. The van der Waals surface area contributed by atoms with Gasteiger partial charge in [-0.3, -0.25) is 0 Å². The zero-order valence-electron chi connectivity index (χ0n) is 39.7. The summed E-state index contributed by atoms with van der Waals surface area (Å²) >= 11 is 0. The molecule has 64 heavy (non-hydrogen) atoms. The lowest BCUT2D eigenvalue weighted by Crippen LogP contribution is -2.68. The molecule has 16 heteroatoms. The number of aliphatic hydroxyl groups excluding tert-OH is 10. The normalized spacial score (nSPS) is 53.7. The fourth-order valence-electron chi connectivity index (χ4n) is 14.7. The molecule has 0 radical (unpaired) electrons. The molecule has 7 rings (SSSR count). The molecule has 0 amide bonds. The van der Waals surface area contributed by atoms with E-state index in [1.165, 1.54) is 13.8 Å². The largest absolute Gasteiger partial charge is 0.394 e. The molecule has 4 aliphatic carbocycles. The predicted octanol–water partition coefficient (Wildman–Crippen LogP) is 2.03. The van der Waals surface area contributed by atoms with Crippen molar-refractivity contribution in [2.24, 2.45) is 45.3 Å². The smallest absolute Gasteiger partial charge is 0.187 e. The molecule has 7 aliphatic rings. The van der Waals surface area contributed by atoms with Crippen LogP contribution in [-0.2, 0) is 28.4 Å². The summed E-state index contributed by atoms with van der Waals surface area (Å²) in [6.07, 6.45) is -14.8. The first kappa shape index (κ1) is 51.0. The van der Waals surface area contributed by atoms with Crippen LogP contribution >= 0.6 is 0 Å². The Balaban J connectivity index is 1.26. The van der Waals surface area contributed by atoms with Gasteiger partial charge >= 0.3 is 0 Å². The molecule has 0 aromatic rings. The molecular formula is C48H82O16. The van der Waals surface area contributed by atoms with Gasteiger partial charge in [-0.1, -0.05) is 46.3 Å². The Morgan fingerprint density at radius 2 is 1.22 bits per heavy atom. The highest BCUT2D eigenvalue weighted by Crippen LogP contribution is 2.76. The van der Waals surface area contributed by atoms with E-state index in [1.54, 1.807) is 0 Å². The summed E-state index contributed by atoms with van der Waals surface area (Å²) in [5, 5.41) is 111. The minimum atomic E-state index is -1.78. The maximum absolute atomic E-state index is 12.7. The minimum Gasteiger partial charge on any atom is -0.394 e. The molecule has 16 nitrogen and oxygen atoms in total. The Bertz CT molecular complexity index is 1650. The van der Waals surface area contributed by atoms with Gasteiger partial charge < -0.3 is 79.5 Å². The van der Waals surface area contributed by atoms with Crippen molar-refractivity contribution in [3.05, 3.63) is 11.6 Å². The second-order valence-corrected chi connectivity index (χ2v) is 22.9. The van der Waals surface area contributed by atoms with E-state index in [0.29, 0.717) is 31.6 Å². The highest BCUT2D eigenvalue weighted by Gasteiger charge is 2.72. The van der Waals surface area contributed by atoms with E-state index < -0.39 is 110 Å². The molecule has 10 N–H and O–H groups in total. The van der Waals surface area contributed by atoms with Crippen molar-refractivity contribution in [1.82, 2.24) is 0 Å². The molecule has 0 unspecified atom stereocenters. The molecule has 7 fully saturated rings. The monoisotopic (exact) mass is 915 g/mol. The van der Waals surface area contributed by atoms with Crippen LogP contribution in [0.2, 0.25) is 0 Å². The number of hydrogen-bond acceptors (Lipinski definition) is 16. The fourth-order valence-corrected chi connectivity index (χ4v) is 14.7. The van der Waals surface area contributed by atoms with Gasteiger partial charge in [0.2, 0.25) is 0 Å². The van der Waals surface area contributed by atoms with Crippen LogP contribution in [0.1, 0.15) is 127 Å². The zero-order chi connectivity index (χ0) is 47.2. The van der Waals surface area contributed by atoms with Crippen molar-refractivity contribution in [3.63, 3.8) is 0 Å². The quantitative estimate of drug-likeness (QED) is 0.133. The van der Waals surface area contributed by atoms with Crippen LogP contribution in [0.3, 0.4) is 0 Å². The maximum Gasteiger partial charge on any atom is 0.187 e. The van der Waals surface area contributed by atoms with E-state index in [1.807, 2.05) is 20.8 Å². The number of aliphatic hydroxyl groups is 10. The van der Waals surface area contributed by atoms with Gasteiger partial charge in [0.1, 0.15) is 61.0 Å². The first-order chi connectivity index (χ1) is 29.8. The van der Waals surface area contributed by atoms with Gasteiger partial charge in [0.05, 0.1) is 36.6 Å². The van der Waals surface area contributed by atoms with Gasteiger partial charge in [-0.25, -0.2) is 0 Å². The first-order valence-electron chi connectivity index (χ1n) is 24.1. The Morgan fingerprint density at radius 1 is 0.656 bits per heavy atom.